The van der Waals surface area contributed by atoms with Crippen LogP contribution in [0.25, 0.3) is 0 Å². The van der Waals surface area contributed by atoms with Gasteiger partial charge in [-0.2, -0.15) is 0 Å². The summed E-state index contributed by atoms with van der Waals surface area (Å²) >= 11 is 0. The van der Waals surface area contributed by atoms with E-state index in [1.54, 1.807) is 0 Å². The number of amides is 2. The van der Waals surface area contributed by atoms with Gasteiger partial charge in [-0.25, -0.2) is 0 Å². The molecule has 1 aromatic carbocycles. The minimum absolute atomic E-state index is 0.115. The Morgan fingerprint density at radius 2 is 0.962 bits per heavy atom. The third-order valence-electron chi connectivity index (χ3n) is 6.41. The number of anilines is 2. The Kier molecular flexibility index (Phi) is 5.69. The summed E-state index contributed by atoms with van der Waals surface area (Å²) in [4.78, 5) is 25.2. The van der Waals surface area contributed by atoms with Crippen molar-refractivity contribution in [2.75, 3.05) is 10.6 Å². The Morgan fingerprint density at radius 3 is 1.27 bits per heavy atom. The monoisotopic (exact) mass is 356 g/mol. The van der Waals surface area contributed by atoms with Crippen molar-refractivity contribution in [2.45, 2.75) is 78.1 Å². The first kappa shape index (κ1) is 18.9. The van der Waals surface area contributed by atoms with Crippen molar-refractivity contribution >= 4 is 23.2 Å². The zero-order chi connectivity index (χ0) is 18.6. The lowest BCUT2D eigenvalue weighted by atomic mass is 9.75. The Hall–Kier alpha value is -1.84. The Balaban J connectivity index is 1.58. The second kappa shape index (κ2) is 7.81. The summed E-state index contributed by atoms with van der Waals surface area (Å²) in [6, 6.07) is 7.51. The molecule has 26 heavy (non-hydrogen) atoms. The van der Waals surface area contributed by atoms with Gasteiger partial charge in [-0.15, -0.1) is 0 Å². The van der Waals surface area contributed by atoms with Crippen LogP contribution in [0.1, 0.15) is 78.1 Å². The molecule has 2 aliphatic carbocycles. The van der Waals surface area contributed by atoms with Crippen LogP contribution in [-0.2, 0) is 9.59 Å². The summed E-state index contributed by atoms with van der Waals surface area (Å²) in [5.74, 6) is 0.229. The average Bonchev–Trinajstić information content (AvgIpc) is 2.64. The van der Waals surface area contributed by atoms with Gasteiger partial charge in [0.15, 0.2) is 0 Å². The van der Waals surface area contributed by atoms with Crippen LogP contribution in [0.2, 0.25) is 0 Å². The largest absolute Gasteiger partial charge is 0.326 e. The fraction of sp³-hybridized carbons (Fsp3) is 0.636. The van der Waals surface area contributed by atoms with E-state index in [4.69, 9.17) is 0 Å². The van der Waals surface area contributed by atoms with Gasteiger partial charge in [0.25, 0.3) is 0 Å². The van der Waals surface area contributed by atoms with E-state index < -0.39 is 0 Å². The zero-order valence-corrected chi connectivity index (χ0v) is 16.2. The molecule has 4 heteroatoms. The van der Waals surface area contributed by atoms with Crippen molar-refractivity contribution in [3.8, 4) is 0 Å². The minimum Gasteiger partial charge on any atom is -0.326 e. The molecule has 2 fully saturated rings. The van der Waals surface area contributed by atoms with Crippen LogP contribution in [-0.4, -0.2) is 11.8 Å². The number of carbonyl (C=O) groups excluding carboxylic acids is 2. The van der Waals surface area contributed by atoms with Crippen molar-refractivity contribution in [1.29, 1.82) is 0 Å². The zero-order valence-electron chi connectivity index (χ0n) is 16.2. The predicted molar refractivity (Wildman–Crippen MR) is 106 cm³/mol. The molecule has 2 aliphatic rings. The third kappa shape index (κ3) is 4.28. The molecule has 0 radical (unpaired) electrons. The van der Waals surface area contributed by atoms with Crippen LogP contribution in [0.15, 0.2) is 24.3 Å². The first-order chi connectivity index (χ1) is 12.4. The van der Waals surface area contributed by atoms with Crippen molar-refractivity contribution in [2.24, 2.45) is 10.8 Å². The second-order valence-electron chi connectivity index (χ2n) is 8.73. The normalized spacial score (nSPS) is 21.6. The molecule has 142 valence electrons. The van der Waals surface area contributed by atoms with E-state index in [0.29, 0.717) is 0 Å². The molecule has 0 saturated heterocycles. The van der Waals surface area contributed by atoms with E-state index in [9.17, 15) is 9.59 Å². The topological polar surface area (TPSA) is 58.2 Å². The molecule has 2 N–H and O–H groups in total. The summed E-state index contributed by atoms with van der Waals surface area (Å²) in [5, 5.41) is 6.10. The van der Waals surface area contributed by atoms with E-state index in [-0.39, 0.29) is 22.6 Å². The second-order valence-corrected chi connectivity index (χ2v) is 8.73. The lowest BCUT2D eigenvalue weighted by molar-refractivity contribution is -0.127. The number of nitrogens with one attached hydrogen (secondary N) is 2. The first-order valence-corrected chi connectivity index (χ1v) is 10.1. The maximum Gasteiger partial charge on any atom is 0.230 e. The van der Waals surface area contributed by atoms with Gasteiger partial charge in [0, 0.05) is 22.2 Å². The highest BCUT2D eigenvalue weighted by atomic mass is 16.2. The van der Waals surface area contributed by atoms with E-state index in [1.165, 1.54) is 12.8 Å². The Labute approximate surface area is 157 Å². The molecule has 2 amide bonds. The molecule has 0 atom stereocenters. The lowest BCUT2D eigenvalue weighted by Crippen LogP contribution is -2.35. The third-order valence-corrected chi connectivity index (χ3v) is 6.41. The number of carbonyl (C=O) groups is 2. The molecule has 4 nitrogen and oxygen atoms in total. The number of hydrogen-bond acceptors (Lipinski definition) is 2. The molecule has 2 saturated carbocycles. The number of hydrogen-bond donors (Lipinski definition) is 2. The van der Waals surface area contributed by atoms with Gasteiger partial charge in [0.2, 0.25) is 11.8 Å². The minimum atomic E-state index is -0.249. The van der Waals surface area contributed by atoms with Crippen molar-refractivity contribution in [3.63, 3.8) is 0 Å². The predicted octanol–water partition coefficient (Wildman–Crippen LogP) is 5.50. The summed E-state index contributed by atoms with van der Waals surface area (Å²) in [6.45, 7) is 4.14. The Morgan fingerprint density at radius 1 is 0.654 bits per heavy atom. The van der Waals surface area contributed by atoms with Gasteiger partial charge in [-0.3, -0.25) is 9.59 Å². The lowest BCUT2D eigenvalue weighted by Gasteiger charge is -2.32. The molecule has 1 aromatic rings. The van der Waals surface area contributed by atoms with Gasteiger partial charge in [-0.05, 0) is 49.9 Å². The highest BCUT2D eigenvalue weighted by Crippen LogP contribution is 2.38. The molecular formula is C22H32N2O2. The molecule has 0 heterocycles. The van der Waals surface area contributed by atoms with Gasteiger partial charge in [0.1, 0.15) is 0 Å². The van der Waals surface area contributed by atoms with Gasteiger partial charge in [-0.1, -0.05) is 52.4 Å². The fourth-order valence-corrected chi connectivity index (χ4v) is 4.32. The van der Waals surface area contributed by atoms with Crippen LogP contribution in [0, 0.1) is 10.8 Å². The molecular weight excluding hydrogens is 324 g/mol. The smallest absolute Gasteiger partial charge is 0.230 e. The van der Waals surface area contributed by atoms with Crippen molar-refractivity contribution in [3.05, 3.63) is 24.3 Å². The number of rotatable bonds is 4. The van der Waals surface area contributed by atoms with E-state index >= 15 is 0 Å². The van der Waals surface area contributed by atoms with E-state index in [2.05, 4.69) is 24.5 Å². The fourth-order valence-electron chi connectivity index (χ4n) is 4.32. The molecule has 0 aliphatic heterocycles. The van der Waals surface area contributed by atoms with Crippen molar-refractivity contribution < 1.29 is 9.59 Å². The van der Waals surface area contributed by atoms with Gasteiger partial charge in [0.05, 0.1) is 0 Å². The maximum absolute atomic E-state index is 12.6. The SMILES string of the molecule is CC1(C(=O)Nc2ccc(NC(=O)C3(C)CCCCC3)cc2)CCCCC1. The van der Waals surface area contributed by atoms with E-state index in [0.717, 1.165) is 62.7 Å². The summed E-state index contributed by atoms with van der Waals surface area (Å²) in [6.07, 6.45) is 10.9. The van der Waals surface area contributed by atoms with Gasteiger partial charge < -0.3 is 10.6 Å². The molecule has 0 unspecified atom stereocenters. The standard InChI is InChI=1S/C22H32N2O2/c1-21(13-5-3-6-14-21)19(25)23-17-9-11-18(12-10-17)24-20(26)22(2)15-7-4-8-16-22/h9-12H,3-8,13-16H2,1-2H3,(H,23,25)(H,24,26). The molecule has 3 rings (SSSR count). The molecule has 0 bridgehead atoms. The maximum atomic E-state index is 12.6. The van der Waals surface area contributed by atoms with Crippen LogP contribution in [0.5, 0.6) is 0 Å². The van der Waals surface area contributed by atoms with Crippen LogP contribution >= 0.6 is 0 Å². The summed E-state index contributed by atoms with van der Waals surface area (Å²) in [7, 11) is 0. The van der Waals surface area contributed by atoms with Crippen LogP contribution < -0.4 is 10.6 Å². The van der Waals surface area contributed by atoms with Crippen LogP contribution in [0.3, 0.4) is 0 Å². The van der Waals surface area contributed by atoms with E-state index in [1.807, 2.05) is 24.3 Å². The summed E-state index contributed by atoms with van der Waals surface area (Å²) in [5.41, 5.74) is 1.09. The van der Waals surface area contributed by atoms with Gasteiger partial charge >= 0.3 is 0 Å². The summed E-state index contributed by atoms with van der Waals surface area (Å²) < 4.78 is 0. The average molecular weight is 357 g/mol. The van der Waals surface area contributed by atoms with Crippen molar-refractivity contribution in [1.82, 2.24) is 0 Å². The molecule has 0 aromatic heterocycles. The van der Waals surface area contributed by atoms with Crippen LogP contribution in [0.4, 0.5) is 11.4 Å². The number of benzene rings is 1. The quantitative estimate of drug-likeness (QED) is 0.748. The first-order valence-electron chi connectivity index (χ1n) is 10.1. The Bertz CT molecular complexity index is 582. The molecule has 0 spiro atoms. The highest BCUT2D eigenvalue weighted by Gasteiger charge is 2.35. The highest BCUT2D eigenvalue weighted by molar-refractivity contribution is 5.97.